The molecule has 2 aromatic rings. The highest BCUT2D eigenvalue weighted by Crippen LogP contribution is 2.11. The van der Waals surface area contributed by atoms with Crippen LogP contribution in [-0.2, 0) is 6.54 Å². The first-order chi connectivity index (χ1) is 8.12. The van der Waals surface area contributed by atoms with Crippen LogP contribution in [0.3, 0.4) is 0 Å². The Kier molecular flexibility index (Phi) is 3.40. The van der Waals surface area contributed by atoms with Gasteiger partial charge in [-0.3, -0.25) is 4.40 Å². The van der Waals surface area contributed by atoms with Gasteiger partial charge in [0.15, 0.2) is 11.5 Å². The number of aliphatic hydroxyl groups excluding tert-OH is 1. The first-order valence-corrected chi connectivity index (χ1v) is 5.73. The van der Waals surface area contributed by atoms with Crippen molar-refractivity contribution < 1.29 is 5.11 Å². The Labute approximate surface area is 100 Å². The fraction of sp³-hybridized carbons (Fsp3) is 0.500. The van der Waals surface area contributed by atoms with Crippen molar-refractivity contribution in [1.82, 2.24) is 19.9 Å². The van der Waals surface area contributed by atoms with Gasteiger partial charge in [-0.25, -0.2) is 0 Å². The van der Waals surface area contributed by atoms with Crippen molar-refractivity contribution in [2.24, 2.45) is 5.41 Å². The molecule has 0 unspecified atom stereocenters. The molecule has 0 spiro atoms. The predicted molar refractivity (Wildman–Crippen MR) is 65.6 cm³/mol. The van der Waals surface area contributed by atoms with E-state index >= 15 is 0 Å². The summed E-state index contributed by atoms with van der Waals surface area (Å²) in [6, 6.07) is 5.82. The Morgan fingerprint density at radius 3 is 2.94 bits per heavy atom. The molecule has 2 heterocycles. The van der Waals surface area contributed by atoms with Crippen molar-refractivity contribution in [2.45, 2.75) is 20.4 Å². The van der Waals surface area contributed by atoms with Gasteiger partial charge in [0.1, 0.15) is 0 Å². The van der Waals surface area contributed by atoms with Crippen molar-refractivity contribution in [3.05, 3.63) is 30.2 Å². The Balaban J connectivity index is 2.00. The smallest absolute Gasteiger partial charge is 0.160 e. The highest BCUT2D eigenvalue weighted by Gasteiger charge is 2.16. The van der Waals surface area contributed by atoms with Crippen molar-refractivity contribution >= 4 is 5.65 Å². The minimum Gasteiger partial charge on any atom is -0.396 e. The summed E-state index contributed by atoms with van der Waals surface area (Å²) in [5.74, 6) is 0.884. The van der Waals surface area contributed by atoms with Crippen LogP contribution in [0.25, 0.3) is 5.65 Å². The Morgan fingerprint density at radius 1 is 1.35 bits per heavy atom. The summed E-state index contributed by atoms with van der Waals surface area (Å²) in [5, 5.41) is 20.6. The van der Waals surface area contributed by atoms with Crippen LogP contribution >= 0.6 is 0 Å². The number of aromatic nitrogens is 3. The molecule has 0 saturated carbocycles. The molecule has 0 aliphatic heterocycles. The van der Waals surface area contributed by atoms with Crippen LogP contribution in [0.4, 0.5) is 0 Å². The molecule has 2 aromatic heterocycles. The Morgan fingerprint density at radius 2 is 2.18 bits per heavy atom. The number of aliphatic hydroxyl groups is 1. The molecule has 0 saturated heterocycles. The number of hydrogen-bond donors (Lipinski definition) is 2. The maximum Gasteiger partial charge on any atom is 0.160 e. The van der Waals surface area contributed by atoms with Crippen LogP contribution in [0.1, 0.15) is 19.7 Å². The molecule has 0 fully saturated rings. The fourth-order valence-electron chi connectivity index (χ4n) is 1.58. The van der Waals surface area contributed by atoms with Gasteiger partial charge in [0, 0.05) is 24.8 Å². The topological polar surface area (TPSA) is 62.5 Å². The van der Waals surface area contributed by atoms with Crippen molar-refractivity contribution in [1.29, 1.82) is 0 Å². The zero-order valence-electron chi connectivity index (χ0n) is 10.2. The van der Waals surface area contributed by atoms with Crippen molar-refractivity contribution in [3.63, 3.8) is 0 Å². The van der Waals surface area contributed by atoms with Gasteiger partial charge in [-0.05, 0) is 12.1 Å². The summed E-state index contributed by atoms with van der Waals surface area (Å²) in [7, 11) is 0. The van der Waals surface area contributed by atoms with Gasteiger partial charge >= 0.3 is 0 Å². The molecule has 0 atom stereocenters. The second-order valence-corrected chi connectivity index (χ2v) is 4.97. The molecule has 92 valence electrons. The van der Waals surface area contributed by atoms with E-state index < -0.39 is 0 Å². The zero-order valence-corrected chi connectivity index (χ0v) is 10.2. The highest BCUT2D eigenvalue weighted by molar-refractivity contribution is 5.36. The van der Waals surface area contributed by atoms with E-state index in [1.165, 1.54) is 0 Å². The van der Waals surface area contributed by atoms with Gasteiger partial charge in [-0.15, -0.1) is 10.2 Å². The predicted octanol–water partition coefficient (Wildman–Crippen LogP) is 0.837. The van der Waals surface area contributed by atoms with Gasteiger partial charge in [0.2, 0.25) is 0 Å². The van der Waals surface area contributed by atoms with Crippen LogP contribution in [0.5, 0.6) is 0 Å². The molecule has 0 radical (unpaired) electrons. The summed E-state index contributed by atoms with van der Waals surface area (Å²) in [6.45, 7) is 5.59. The van der Waals surface area contributed by atoms with Crippen LogP contribution in [0.2, 0.25) is 0 Å². The average Bonchev–Trinajstić information content (AvgIpc) is 2.73. The van der Waals surface area contributed by atoms with Crippen LogP contribution in [0, 0.1) is 5.41 Å². The largest absolute Gasteiger partial charge is 0.396 e. The quantitative estimate of drug-likeness (QED) is 0.804. The summed E-state index contributed by atoms with van der Waals surface area (Å²) >= 11 is 0. The van der Waals surface area contributed by atoms with Gasteiger partial charge < -0.3 is 10.4 Å². The molecule has 0 aromatic carbocycles. The molecule has 0 aliphatic rings. The monoisotopic (exact) mass is 234 g/mol. The second-order valence-electron chi connectivity index (χ2n) is 4.97. The van der Waals surface area contributed by atoms with Gasteiger partial charge in [0.05, 0.1) is 6.54 Å². The van der Waals surface area contributed by atoms with E-state index in [1.807, 2.05) is 42.6 Å². The fourth-order valence-corrected chi connectivity index (χ4v) is 1.58. The molecule has 2 N–H and O–H groups in total. The molecule has 17 heavy (non-hydrogen) atoms. The third-order valence-corrected chi connectivity index (χ3v) is 2.70. The molecular weight excluding hydrogens is 216 g/mol. The molecule has 5 nitrogen and oxygen atoms in total. The molecule has 0 amide bonds. The number of hydrogen-bond acceptors (Lipinski definition) is 4. The lowest BCUT2D eigenvalue weighted by molar-refractivity contribution is 0.156. The number of rotatable bonds is 5. The minimum absolute atomic E-state index is 0.111. The second kappa shape index (κ2) is 4.81. The first-order valence-electron chi connectivity index (χ1n) is 5.73. The van der Waals surface area contributed by atoms with Gasteiger partial charge in [-0.2, -0.15) is 0 Å². The van der Waals surface area contributed by atoms with E-state index in [1.54, 1.807) is 0 Å². The van der Waals surface area contributed by atoms with Crippen molar-refractivity contribution in [3.8, 4) is 0 Å². The summed E-state index contributed by atoms with van der Waals surface area (Å²) in [4.78, 5) is 0. The molecule has 0 bridgehead atoms. The summed E-state index contributed by atoms with van der Waals surface area (Å²) in [6.07, 6.45) is 1.95. The summed E-state index contributed by atoms with van der Waals surface area (Å²) < 4.78 is 1.96. The molecule has 0 aliphatic carbocycles. The standard InChI is InChI=1S/C12H18N4O/c1-12(2,9-17)8-13-7-11-15-14-10-5-3-4-6-16(10)11/h3-6,13,17H,7-9H2,1-2H3. The van der Waals surface area contributed by atoms with Crippen LogP contribution < -0.4 is 5.32 Å². The van der Waals surface area contributed by atoms with Crippen LogP contribution in [0.15, 0.2) is 24.4 Å². The van der Waals surface area contributed by atoms with E-state index in [2.05, 4.69) is 15.5 Å². The number of pyridine rings is 1. The molecule has 2 rings (SSSR count). The molecular formula is C12H18N4O. The molecule has 5 heteroatoms. The van der Waals surface area contributed by atoms with Crippen molar-refractivity contribution in [2.75, 3.05) is 13.2 Å². The highest BCUT2D eigenvalue weighted by atomic mass is 16.3. The van der Waals surface area contributed by atoms with Gasteiger partial charge in [-0.1, -0.05) is 19.9 Å². The SMILES string of the molecule is CC(C)(CO)CNCc1nnc2ccccn12. The maximum absolute atomic E-state index is 9.15. The third kappa shape index (κ3) is 2.81. The average molecular weight is 234 g/mol. The van der Waals surface area contributed by atoms with Crippen LogP contribution in [-0.4, -0.2) is 32.9 Å². The number of fused-ring (bicyclic) bond motifs is 1. The number of nitrogens with one attached hydrogen (secondary N) is 1. The van der Waals surface area contributed by atoms with Gasteiger partial charge in [0.25, 0.3) is 0 Å². The minimum atomic E-state index is -0.111. The Bertz CT molecular complexity index is 492. The first kappa shape index (κ1) is 12.0. The van der Waals surface area contributed by atoms with E-state index in [0.717, 1.165) is 18.0 Å². The maximum atomic E-state index is 9.15. The zero-order chi connectivity index (χ0) is 12.3. The lowest BCUT2D eigenvalue weighted by atomic mass is 9.95. The Hall–Kier alpha value is -1.46. The third-order valence-electron chi connectivity index (χ3n) is 2.70. The van der Waals surface area contributed by atoms with E-state index in [0.29, 0.717) is 6.54 Å². The lowest BCUT2D eigenvalue weighted by Crippen LogP contribution is -2.32. The number of nitrogens with zero attached hydrogens (tertiary/aromatic N) is 3. The van der Waals surface area contributed by atoms with E-state index in [9.17, 15) is 0 Å². The lowest BCUT2D eigenvalue weighted by Gasteiger charge is -2.21. The van der Waals surface area contributed by atoms with E-state index in [4.69, 9.17) is 5.11 Å². The summed E-state index contributed by atoms with van der Waals surface area (Å²) in [5.41, 5.74) is 0.742. The normalized spacial score (nSPS) is 12.2. The van der Waals surface area contributed by atoms with E-state index in [-0.39, 0.29) is 12.0 Å².